The maximum atomic E-state index is 12.5. The second kappa shape index (κ2) is 6.62. The van der Waals surface area contributed by atoms with Crippen molar-refractivity contribution < 1.29 is 13.2 Å². The summed E-state index contributed by atoms with van der Waals surface area (Å²) in [5.74, 6) is 0.0925. The Labute approximate surface area is 147 Å². The first-order valence-electron chi connectivity index (χ1n) is 6.83. The van der Waals surface area contributed by atoms with Gasteiger partial charge >= 0.3 is 0 Å². The molecule has 124 valence electrons. The van der Waals surface area contributed by atoms with Gasteiger partial charge in [0.1, 0.15) is 9.50 Å². The maximum absolute atomic E-state index is 12.5. The molecule has 0 aliphatic heterocycles. The summed E-state index contributed by atoms with van der Waals surface area (Å²) >= 11 is 3.16. The molecule has 1 aromatic carbocycles. The van der Waals surface area contributed by atoms with E-state index in [0.717, 1.165) is 5.56 Å². The van der Waals surface area contributed by atoms with Gasteiger partial charge in [-0.3, -0.25) is 4.72 Å². The molecular weight excluding hydrogens is 396 g/mol. The first kappa shape index (κ1) is 16.5. The molecule has 0 amide bonds. The molecule has 0 spiro atoms. The summed E-state index contributed by atoms with van der Waals surface area (Å²) in [5.41, 5.74) is 1.59. The molecule has 0 unspecified atom stereocenters. The highest BCUT2D eigenvalue weighted by atomic mass is 79.9. The Morgan fingerprint density at radius 3 is 2.71 bits per heavy atom. The van der Waals surface area contributed by atoms with Gasteiger partial charge in [0, 0.05) is 11.9 Å². The molecule has 9 heteroatoms. The second-order valence-electron chi connectivity index (χ2n) is 4.77. The summed E-state index contributed by atoms with van der Waals surface area (Å²) in [4.78, 5) is 11.1. The molecule has 0 atom stereocenters. The predicted molar refractivity (Wildman–Crippen MR) is 93.3 cm³/mol. The summed E-state index contributed by atoms with van der Waals surface area (Å²) in [6.45, 7) is 0. The molecule has 2 N–H and O–H groups in total. The Morgan fingerprint density at radius 2 is 2.00 bits per heavy atom. The molecule has 3 aromatic rings. The van der Waals surface area contributed by atoms with E-state index in [1.807, 2.05) is 30.3 Å². The third kappa shape index (κ3) is 3.41. The van der Waals surface area contributed by atoms with Crippen LogP contribution in [0.5, 0.6) is 5.88 Å². The summed E-state index contributed by atoms with van der Waals surface area (Å²) in [5, 5.41) is 0. The first-order valence-corrected chi connectivity index (χ1v) is 9.10. The van der Waals surface area contributed by atoms with Crippen molar-refractivity contribution in [3.8, 4) is 17.1 Å². The number of nitrogens with one attached hydrogen (secondary N) is 2. The Balaban J connectivity index is 1.91. The van der Waals surface area contributed by atoms with Crippen LogP contribution in [0.4, 0.5) is 5.82 Å². The number of H-pyrrole nitrogens is 1. The molecule has 0 fully saturated rings. The van der Waals surface area contributed by atoms with E-state index in [1.54, 1.807) is 6.07 Å². The Hall–Kier alpha value is -2.39. The monoisotopic (exact) mass is 408 g/mol. The zero-order chi connectivity index (χ0) is 17.2. The van der Waals surface area contributed by atoms with Gasteiger partial charge in [-0.05, 0) is 27.6 Å². The number of sulfonamides is 1. The average Bonchev–Trinajstić information content (AvgIpc) is 3.08. The number of anilines is 1. The smallest absolute Gasteiger partial charge is 0.264 e. The van der Waals surface area contributed by atoms with Crippen LogP contribution < -0.4 is 9.46 Å². The number of benzene rings is 1. The third-order valence-corrected chi connectivity index (χ3v) is 4.89. The van der Waals surface area contributed by atoms with Crippen LogP contribution in [-0.2, 0) is 10.0 Å². The standard InChI is InChI=1S/C15H13BrN4O3S/c1-23-15-14(18-9-13(16)19-15)20-24(21,22)11-7-12(17-8-11)10-5-3-2-4-6-10/h2-9,17H,1H3,(H,18,20). The van der Waals surface area contributed by atoms with E-state index in [9.17, 15) is 8.42 Å². The number of hydrogen-bond donors (Lipinski definition) is 2. The fraction of sp³-hybridized carbons (Fsp3) is 0.0667. The van der Waals surface area contributed by atoms with E-state index >= 15 is 0 Å². The van der Waals surface area contributed by atoms with E-state index in [0.29, 0.717) is 10.3 Å². The highest BCUT2D eigenvalue weighted by molar-refractivity contribution is 9.10. The van der Waals surface area contributed by atoms with Crippen molar-refractivity contribution in [1.82, 2.24) is 15.0 Å². The summed E-state index contributed by atoms with van der Waals surface area (Å²) in [6.07, 6.45) is 2.80. The summed E-state index contributed by atoms with van der Waals surface area (Å²) in [7, 11) is -2.44. The van der Waals surface area contributed by atoms with E-state index < -0.39 is 10.0 Å². The molecule has 24 heavy (non-hydrogen) atoms. The van der Waals surface area contributed by atoms with Crippen LogP contribution in [0.2, 0.25) is 0 Å². The van der Waals surface area contributed by atoms with Crippen LogP contribution in [0.25, 0.3) is 11.3 Å². The van der Waals surface area contributed by atoms with Crippen molar-refractivity contribution in [1.29, 1.82) is 0 Å². The lowest BCUT2D eigenvalue weighted by atomic mass is 10.2. The maximum Gasteiger partial charge on any atom is 0.264 e. The molecule has 0 saturated carbocycles. The molecule has 0 radical (unpaired) electrons. The minimum absolute atomic E-state index is 0.0168. The summed E-state index contributed by atoms with van der Waals surface area (Å²) in [6, 6.07) is 11.0. The Kier molecular flexibility index (Phi) is 4.54. The second-order valence-corrected chi connectivity index (χ2v) is 7.27. The van der Waals surface area contributed by atoms with Crippen LogP contribution in [-0.4, -0.2) is 30.5 Å². The lowest BCUT2D eigenvalue weighted by Crippen LogP contribution is -2.14. The molecule has 2 heterocycles. The predicted octanol–water partition coefficient (Wildman–Crippen LogP) is 3.04. The SMILES string of the molecule is COc1nc(Br)cnc1NS(=O)(=O)c1c[nH]c(-c2ccccc2)c1. The van der Waals surface area contributed by atoms with E-state index in [-0.39, 0.29) is 16.6 Å². The average molecular weight is 409 g/mol. The van der Waals surface area contributed by atoms with Gasteiger partial charge in [-0.2, -0.15) is 0 Å². The number of hydrogen-bond acceptors (Lipinski definition) is 5. The molecule has 0 aliphatic rings. The fourth-order valence-corrected chi connectivity index (χ4v) is 3.33. The zero-order valence-electron chi connectivity index (χ0n) is 12.5. The Bertz CT molecular complexity index is 958. The van der Waals surface area contributed by atoms with Crippen molar-refractivity contribution in [3.05, 3.63) is 53.4 Å². The van der Waals surface area contributed by atoms with Crippen molar-refractivity contribution in [2.45, 2.75) is 4.90 Å². The van der Waals surface area contributed by atoms with Gasteiger partial charge < -0.3 is 9.72 Å². The summed E-state index contributed by atoms with van der Waals surface area (Å²) < 4.78 is 32.9. The van der Waals surface area contributed by atoms with Gasteiger partial charge in [-0.1, -0.05) is 30.3 Å². The minimum Gasteiger partial charge on any atom is -0.478 e. The number of ether oxygens (including phenoxy) is 1. The molecule has 3 rings (SSSR count). The molecule has 0 bridgehead atoms. The van der Waals surface area contributed by atoms with Crippen LogP contribution in [0.15, 0.2) is 58.3 Å². The van der Waals surface area contributed by atoms with Crippen LogP contribution in [0.3, 0.4) is 0 Å². The number of nitrogens with zero attached hydrogens (tertiary/aromatic N) is 2. The third-order valence-electron chi connectivity index (χ3n) is 3.19. The number of rotatable bonds is 5. The zero-order valence-corrected chi connectivity index (χ0v) is 14.9. The number of methoxy groups -OCH3 is 1. The van der Waals surface area contributed by atoms with Crippen LogP contribution >= 0.6 is 15.9 Å². The largest absolute Gasteiger partial charge is 0.478 e. The molecule has 2 aromatic heterocycles. The Morgan fingerprint density at radius 1 is 1.25 bits per heavy atom. The topological polar surface area (TPSA) is 97.0 Å². The van der Waals surface area contributed by atoms with Crippen molar-refractivity contribution >= 4 is 31.8 Å². The lowest BCUT2D eigenvalue weighted by molar-refractivity contribution is 0.397. The highest BCUT2D eigenvalue weighted by Gasteiger charge is 2.20. The molecule has 7 nitrogen and oxygen atoms in total. The fourth-order valence-electron chi connectivity index (χ4n) is 2.06. The van der Waals surface area contributed by atoms with Gasteiger partial charge in [0.25, 0.3) is 15.9 Å². The number of aromatic amines is 1. The first-order chi connectivity index (χ1) is 11.5. The van der Waals surface area contributed by atoms with E-state index in [1.165, 1.54) is 19.5 Å². The van der Waals surface area contributed by atoms with Crippen molar-refractivity contribution in [2.75, 3.05) is 11.8 Å². The molecule has 0 saturated heterocycles. The molecular formula is C15H13BrN4O3S. The minimum atomic E-state index is -3.82. The van der Waals surface area contributed by atoms with Crippen LogP contribution in [0.1, 0.15) is 0 Å². The van der Waals surface area contributed by atoms with Gasteiger partial charge in [0.15, 0.2) is 0 Å². The van der Waals surface area contributed by atoms with Gasteiger partial charge in [0.05, 0.1) is 13.3 Å². The quantitative estimate of drug-likeness (QED) is 0.675. The van der Waals surface area contributed by atoms with E-state index in [4.69, 9.17) is 4.74 Å². The van der Waals surface area contributed by atoms with E-state index in [2.05, 4.69) is 35.6 Å². The van der Waals surface area contributed by atoms with Gasteiger partial charge in [-0.25, -0.2) is 18.4 Å². The van der Waals surface area contributed by atoms with Crippen molar-refractivity contribution in [3.63, 3.8) is 0 Å². The van der Waals surface area contributed by atoms with Gasteiger partial charge in [0.2, 0.25) is 5.82 Å². The van der Waals surface area contributed by atoms with Crippen LogP contribution in [0, 0.1) is 0 Å². The normalized spacial score (nSPS) is 11.2. The van der Waals surface area contributed by atoms with Gasteiger partial charge in [-0.15, -0.1) is 0 Å². The number of aromatic nitrogens is 3. The van der Waals surface area contributed by atoms with Crippen molar-refractivity contribution in [2.24, 2.45) is 0 Å². The highest BCUT2D eigenvalue weighted by Crippen LogP contribution is 2.26. The molecule has 0 aliphatic carbocycles. The lowest BCUT2D eigenvalue weighted by Gasteiger charge is -2.08. The number of halogens is 1.